The molecule has 1 aliphatic rings. The molecular weight excluding hydrogens is 184 g/mol. The van der Waals surface area contributed by atoms with Crippen LogP contribution in [-0.2, 0) is 9.53 Å². The number of hydrogen-bond acceptors (Lipinski definition) is 6. The molecule has 5 N–H and O–H groups in total. The molecule has 0 aliphatic carbocycles. The van der Waals surface area contributed by atoms with Crippen LogP contribution >= 0.6 is 0 Å². The summed E-state index contributed by atoms with van der Waals surface area (Å²) in [5.74, 6) is -1.59. The van der Waals surface area contributed by atoms with Crippen LogP contribution in [0.3, 0.4) is 0 Å². The molecule has 0 radical (unpaired) electrons. The quantitative estimate of drug-likeness (QED) is 0.314. The van der Waals surface area contributed by atoms with Gasteiger partial charge in [0.15, 0.2) is 12.4 Å². The van der Waals surface area contributed by atoms with E-state index in [0.29, 0.717) is 0 Å². The molecule has 1 fully saturated rings. The monoisotopic (exact) mass is 194 g/mol. The van der Waals surface area contributed by atoms with E-state index in [0.717, 1.165) is 0 Å². The summed E-state index contributed by atoms with van der Waals surface area (Å²) in [6.45, 7) is 0. The van der Waals surface area contributed by atoms with Crippen molar-refractivity contribution in [2.45, 2.75) is 30.7 Å². The van der Waals surface area contributed by atoms with Gasteiger partial charge < -0.3 is 30.3 Å². The van der Waals surface area contributed by atoms with Crippen LogP contribution in [0.15, 0.2) is 0 Å². The highest BCUT2D eigenvalue weighted by Gasteiger charge is 2.47. The molecule has 76 valence electrons. The first-order chi connectivity index (χ1) is 5.95. The first-order valence-electron chi connectivity index (χ1n) is 3.55. The van der Waals surface area contributed by atoms with Gasteiger partial charge in [0, 0.05) is 0 Å². The summed E-state index contributed by atoms with van der Waals surface area (Å²) in [6.07, 6.45) is -8.36. The van der Waals surface area contributed by atoms with E-state index in [1.165, 1.54) is 0 Å². The summed E-state index contributed by atoms with van der Waals surface area (Å²) < 4.78 is 4.43. The summed E-state index contributed by atoms with van der Waals surface area (Å²) in [5, 5.41) is 44.1. The largest absolute Gasteiger partial charge is 0.479 e. The van der Waals surface area contributed by atoms with Crippen molar-refractivity contribution in [3.63, 3.8) is 0 Å². The first-order valence-corrected chi connectivity index (χ1v) is 3.55. The molecule has 0 aromatic heterocycles. The Morgan fingerprint density at radius 2 is 1.77 bits per heavy atom. The normalized spacial score (nSPS) is 41.8. The topological polar surface area (TPSA) is 127 Å². The molecule has 0 aromatic rings. The number of hydrogen-bond donors (Lipinski definition) is 5. The van der Waals surface area contributed by atoms with Crippen LogP contribution in [0.1, 0.15) is 0 Å². The van der Waals surface area contributed by atoms with E-state index in [4.69, 9.17) is 25.5 Å². The molecule has 1 rings (SSSR count). The zero-order valence-corrected chi connectivity index (χ0v) is 6.44. The van der Waals surface area contributed by atoms with Crippen molar-refractivity contribution in [2.24, 2.45) is 0 Å². The Hall–Kier alpha value is -0.730. The van der Waals surface area contributed by atoms with Crippen molar-refractivity contribution >= 4 is 5.97 Å². The molecule has 5 atom stereocenters. The van der Waals surface area contributed by atoms with E-state index in [9.17, 15) is 4.79 Å². The zero-order valence-electron chi connectivity index (χ0n) is 6.44. The molecule has 7 nitrogen and oxygen atoms in total. The van der Waals surface area contributed by atoms with E-state index < -0.39 is 36.7 Å². The standard InChI is InChI=1S/C6H10O7/c7-1-2(8)6(12)13-4(1)3(9)5(10)11/h1-4,6-9,12H,(H,10,11)/t1-,2+,3?,4+,6?/m1/s1. The van der Waals surface area contributed by atoms with E-state index in [1.54, 1.807) is 0 Å². The van der Waals surface area contributed by atoms with Gasteiger partial charge in [-0.1, -0.05) is 0 Å². The van der Waals surface area contributed by atoms with Crippen molar-refractivity contribution in [1.82, 2.24) is 0 Å². The van der Waals surface area contributed by atoms with Gasteiger partial charge in [0.05, 0.1) is 0 Å². The molecule has 0 spiro atoms. The maximum absolute atomic E-state index is 10.2. The maximum atomic E-state index is 10.2. The Balaban J connectivity index is 2.68. The van der Waals surface area contributed by atoms with Gasteiger partial charge >= 0.3 is 5.97 Å². The SMILES string of the molecule is O=C(O)C(O)[C@H]1OC(O)[C@@H](O)[C@H]1O. The number of carboxylic acid groups (broad SMARTS) is 1. The molecule has 1 aliphatic heterocycles. The molecule has 1 saturated heterocycles. The van der Waals surface area contributed by atoms with E-state index in [1.807, 2.05) is 0 Å². The van der Waals surface area contributed by atoms with Crippen molar-refractivity contribution in [1.29, 1.82) is 0 Å². The molecule has 1 heterocycles. The van der Waals surface area contributed by atoms with E-state index in [-0.39, 0.29) is 0 Å². The number of rotatable bonds is 2. The molecule has 13 heavy (non-hydrogen) atoms. The third-order valence-electron chi connectivity index (χ3n) is 1.84. The second-order valence-electron chi connectivity index (χ2n) is 2.76. The van der Waals surface area contributed by atoms with Crippen LogP contribution < -0.4 is 0 Å². The number of carbonyl (C=O) groups is 1. The average molecular weight is 194 g/mol. The van der Waals surface area contributed by atoms with Gasteiger partial charge in [-0.15, -0.1) is 0 Å². The summed E-state index contributed by atoms with van der Waals surface area (Å²) in [6, 6.07) is 0. The lowest BCUT2D eigenvalue weighted by Gasteiger charge is -2.16. The summed E-state index contributed by atoms with van der Waals surface area (Å²) in [7, 11) is 0. The minimum Gasteiger partial charge on any atom is -0.479 e. The lowest BCUT2D eigenvalue weighted by molar-refractivity contribution is -0.170. The van der Waals surface area contributed by atoms with Crippen LogP contribution in [0.4, 0.5) is 0 Å². The molecule has 0 bridgehead atoms. The fourth-order valence-electron chi connectivity index (χ4n) is 1.09. The highest BCUT2D eigenvalue weighted by molar-refractivity contribution is 5.72. The van der Waals surface area contributed by atoms with Crippen LogP contribution in [-0.4, -0.2) is 62.2 Å². The van der Waals surface area contributed by atoms with Crippen molar-refractivity contribution in [3.05, 3.63) is 0 Å². The number of carboxylic acids is 1. The van der Waals surface area contributed by atoms with Gasteiger partial charge in [-0.2, -0.15) is 0 Å². The van der Waals surface area contributed by atoms with Crippen molar-refractivity contribution in [3.8, 4) is 0 Å². The fraction of sp³-hybridized carbons (Fsp3) is 0.833. The van der Waals surface area contributed by atoms with Gasteiger partial charge in [0.2, 0.25) is 0 Å². The lowest BCUT2D eigenvalue weighted by Crippen LogP contribution is -2.42. The Morgan fingerprint density at radius 3 is 2.08 bits per heavy atom. The predicted octanol–water partition coefficient (Wildman–Crippen LogP) is -3.13. The smallest absolute Gasteiger partial charge is 0.335 e. The van der Waals surface area contributed by atoms with E-state index in [2.05, 4.69) is 4.74 Å². The lowest BCUT2D eigenvalue weighted by atomic mass is 10.1. The summed E-state index contributed by atoms with van der Waals surface area (Å²) >= 11 is 0. The molecule has 2 unspecified atom stereocenters. The average Bonchev–Trinajstić information content (AvgIpc) is 2.31. The zero-order chi connectivity index (χ0) is 10.2. The minimum absolute atomic E-state index is 1.51. The Bertz CT molecular complexity index is 205. The van der Waals surface area contributed by atoms with E-state index >= 15 is 0 Å². The minimum atomic E-state index is -1.97. The number of aliphatic hydroxyl groups excluding tert-OH is 4. The Morgan fingerprint density at radius 1 is 1.23 bits per heavy atom. The van der Waals surface area contributed by atoms with Gasteiger partial charge in [0.25, 0.3) is 0 Å². The van der Waals surface area contributed by atoms with Crippen LogP contribution in [0, 0.1) is 0 Å². The molecule has 7 heteroatoms. The van der Waals surface area contributed by atoms with Crippen LogP contribution in [0.5, 0.6) is 0 Å². The third kappa shape index (κ3) is 1.79. The van der Waals surface area contributed by atoms with Crippen molar-refractivity contribution in [2.75, 3.05) is 0 Å². The molecular formula is C6H10O7. The fourth-order valence-corrected chi connectivity index (χ4v) is 1.09. The molecule has 0 aromatic carbocycles. The summed E-state index contributed by atoms with van der Waals surface area (Å²) in [5.41, 5.74) is 0. The van der Waals surface area contributed by atoms with Gasteiger partial charge in [-0.05, 0) is 0 Å². The molecule has 0 amide bonds. The third-order valence-corrected chi connectivity index (χ3v) is 1.84. The number of aliphatic carboxylic acids is 1. The van der Waals surface area contributed by atoms with Crippen molar-refractivity contribution < 1.29 is 35.1 Å². The van der Waals surface area contributed by atoms with Crippen LogP contribution in [0.2, 0.25) is 0 Å². The maximum Gasteiger partial charge on any atom is 0.335 e. The highest BCUT2D eigenvalue weighted by Crippen LogP contribution is 2.22. The number of ether oxygens (including phenoxy) is 1. The highest BCUT2D eigenvalue weighted by atomic mass is 16.6. The Kier molecular flexibility index (Phi) is 2.84. The summed E-state index contributed by atoms with van der Waals surface area (Å²) in [4.78, 5) is 10.2. The first kappa shape index (κ1) is 10.4. The second-order valence-corrected chi connectivity index (χ2v) is 2.76. The van der Waals surface area contributed by atoms with Gasteiger partial charge in [0.1, 0.15) is 18.3 Å². The Labute approximate surface area is 72.8 Å². The van der Waals surface area contributed by atoms with Crippen LogP contribution in [0.25, 0.3) is 0 Å². The predicted molar refractivity (Wildman–Crippen MR) is 36.5 cm³/mol. The van der Waals surface area contributed by atoms with Gasteiger partial charge in [-0.3, -0.25) is 0 Å². The second kappa shape index (κ2) is 3.56. The number of aliphatic hydroxyl groups is 4. The molecule has 0 saturated carbocycles. The van der Waals surface area contributed by atoms with Gasteiger partial charge in [-0.25, -0.2) is 4.79 Å².